The van der Waals surface area contributed by atoms with Crippen molar-refractivity contribution >= 4 is 16.0 Å². The molecule has 0 saturated carbocycles. The Hall–Kier alpha value is -3.26. The first kappa shape index (κ1) is 51.7. The van der Waals surface area contributed by atoms with E-state index in [0.717, 1.165) is 70.6 Å². The third-order valence-electron chi connectivity index (χ3n) is 8.60. The van der Waals surface area contributed by atoms with Crippen molar-refractivity contribution < 1.29 is 22.9 Å². The second-order valence-electron chi connectivity index (χ2n) is 13.9. The molecular formula is C48H77NO5S. The SMILES string of the molecule is CC/C=C\C/C=C\C/C=C\C/C=C\C/C=C\C/C=C\C/C=C\CCCC(=O)NC(CS(=O)(=O)O)C(O)/C=C/CC/C=C/CC/C=C/CCCCCCCCC. The van der Waals surface area contributed by atoms with Crippen LogP contribution in [0.25, 0.3) is 0 Å². The highest BCUT2D eigenvalue weighted by atomic mass is 32.2. The third-order valence-corrected chi connectivity index (χ3v) is 9.38. The van der Waals surface area contributed by atoms with Crippen LogP contribution in [0.3, 0.4) is 0 Å². The number of amides is 1. The smallest absolute Gasteiger partial charge is 0.267 e. The molecule has 2 atom stereocenters. The normalized spacial score (nSPS) is 14.5. The third kappa shape index (κ3) is 41.7. The number of carbonyl (C=O) groups is 1. The molecule has 310 valence electrons. The molecule has 6 nitrogen and oxygen atoms in total. The lowest BCUT2D eigenvalue weighted by molar-refractivity contribution is -0.122. The topological polar surface area (TPSA) is 104 Å². The van der Waals surface area contributed by atoms with Crippen LogP contribution in [0.5, 0.6) is 0 Å². The molecular weight excluding hydrogens is 703 g/mol. The highest BCUT2D eigenvalue weighted by Crippen LogP contribution is 2.10. The number of allylic oxidation sites excluding steroid dienone is 19. The van der Waals surface area contributed by atoms with E-state index < -0.39 is 28.0 Å². The number of nitrogens with one attached hydrogen (secondary N) is 1. The number of unbranched alkanes of at least 4 members (excludes halogenated alkanes) is 10. The van der Waals surface area contributed by atoms with Gasteiger partial charge in [0.05, 0.1) is 17.9 Å². The van der Waals surface area contributed by atoms with Crippen molar-refractivity contribution in [2.75, 3.05) is 5.75 Å². The molecule has 0 aromatic carbocycles. The summed E-state index contributed by atoms with van der Waals surface area (Å²) in [5, 5.41) is 13.2. The van der Waals surface area contributed by atoms with Gasteiger partial charge in [-0.05, 0) is 96.3 Å². The average Bonchev–Trinajstić information content (AvgIpc) is 3.15. The lowest BCUT2D eigenvalue weighted by atomic mass is 10.1. The molecule has 55 heavy (non-hydrogen) atoms. The van der Waals surface area contributed by atoms with Crippen LogP contribution in [0.15, 0.2) is 122 Å². The minimum atomic E-state index is -4.39. The first-order valence-corrected chi connectivity index (χ1v) is 22.8. The van der Waals surface area contributed by atoms with Crippen molar-refractivity contribution in [1.29, 1.82) is 0 Å². The fourth-order valence-electron chi connectivity index (χ4n) is 5.47. The molecule has 0 heterocycles. The molecule has 0 spiro atoms. The molecule has 7 heteroatoms. The summed E-state index contributed by atoms with van der Waals surface area (Å²) in [4.78, 5) is 12.5. The molecule has 0 saturated heterocycles. The van der Waals surface area contributed by atoms with Gasteiger partial charge in [-0.15, -0.1) is 0 Å². The molecule has 0 aliphatic carbocycles. The van der Waals surface area contributed by atoms with Gasteiger partial charge < -0.3 is 10.4 Å². The monoisotopic (exact) mass is 780 g/mol. The summed E-state index contributed by atoms with van der Waals surface area (Å²) in [6, 6.07) is -1.12. The van der Waals surface area contributed by atoms with Gasteiger partial charge in [-0.2, -0.15) is 8.42 Å². The van der Waals surface area contributed by atoms with E-state index in [-0.39, 0.29) is 12.3 Å². The number of hydrogen-bond acceptors (Lipinski definition) is 4. The molecule has 0 radical (unpaired) electrons. The fourth-order valence-corrected chi connectivity index (χ4v) is 6.20. The molecule has 0 rings (SSSR count). The summed E-state index contributed by atoms with van der Waals surface area (Å²) in [5.41, 5.74) is 0. The minimum absolute atomic E-state index is 0.196. The van der Waals surface area contributed by atoms with Crippen LogP contribution in [0.4, 0.5) is 0 Å². The Morgan fingerprint density at radius 3 is 1.36 bits per heavy atom. The van der Waals surface area contributed by atoms with Crippen molar-refractivity contribution in [2.24, 2.45) is 0 Å². The van der Waals surface area contributed by atoms with Crippen LogP contribution >= 0.6 is 0 Å². The van der Waals surface area contributed by atoms with Gasteiger partial charge in [-0.3, -0.25) is 9.35 Å². The fraction of sp³-hybridized carbons (Fsp3) is 0.562. The van der Waals surface area contributed by atoms with Crippen LogP contribution in [-0.4, -0.2) is 41.9 Å². The largest absolute Gasteiger partial charge is 0.387 e. The van der Waals surface area contributed by atoms with Gasteiger partial charge in [0.25, 0.3) is 10.1 Å². The van der Waals surface area contributed by atoms with E-state index in [1.165, 1.54) is 51.0 Å². The Morgan fingerprint density at radius 1 is 0.509 bits per heavy atom. The van der Waals surface area contributed by atoms with E-state index in [1.54, 1.807) is 6.08 Å². The summed E-state index contributed by atoms with van der Waals surface area (Å²) >= 11 is 0. The van der Waals surface area contributed by atoms with Crippen molar-refractivity contribution in [1.82, 2.24) is 5.32 Å². The highest BCUT2D eigenvalue weighted by molar-refractivity contribution is 7.85. The van der Waals surface area contributed by atoms with E-state index in [2.05, 4.69) is 122 Å². The Balaban J connectivity index is 4.15. The molecule has 0 fully saturated rings. The maximum Gasteiger partial charge on any atom is 0.267 e. The summed E-state index contributed by atoms with van der Waals surface area (Å²) in [7, 11) is -4.39. The Kier molecular flexibility index (Phi) is 38.0. The number of rotatable bonds is 36. The Bertz CT molecular complexity index is 1310. The zero-order valence-electron chi connectivity index (χ0n) is 34.5. The minimum Gasteiger partial charge on any atom is -0.387 e. The highest BCUT2D eigenvalue weighted by Gasteiger charge is 2.24. The standard InChI is InChI=1S/C48H77NO5S/c1-3-5-7-9-11-13-15-17-19-21-22-23-24-25-26-28-30-32-34-36-38-40-42-44-48(51)49-46(45-55(52,53)54)47(50)43-41-39-37-35-33-31-29-27-20-18-16-14-12-10-8-6-4-2/h5,7,11,13,17,19-20,22-23,25-27,30,32-33,35-36,38,41,43,46-47,50H,3-4,6,8-10,12,14-16,18,21,24,28-29,31,34,37,39-40,42,44-45H2,1-2H3,(H,49,51)(H,52,53,54)/b7-5-,13-11-,19-17-,23-22-,26-25-,27-20+,32-30-,35-33+,38-36-,43-41+. The first-order valence-electron chi connectivity index (χ1n) is 21.2. The number of aliphatic hydroxyl groups excluding tert-OH is 1. The van der Waals surface area contributed by atoms with Crippen molar-refractivity contribution in [3.63, 3.8) is 0 Å². The van der Waals surface area contributed by atoms with E-state index >= 15 is 0 Å². The molecule has 2 unspecified atom stereocenters. The number of hydrogen-bond donors (Lipinski definition) is 3. The van der Waals surface area contributed by atoms with Crippen LogP contribution in [-0.2, 0) is 14.9 Å². The lowest BCUT2D eigenvalue weighted by Crippen LogP contribution is -2.46. The molecule has 1 amide bonds. The van der Waals surface area contributed by atoms with E-state index in [0.29, 0.717) is 19.3 Å². The Labute approximate surface area is 337 Å². The maximum absolute atomic E-state index is 12.5. The Morgan fingerprint density at radius 2 is 0.891 bits per heavy atom. The second kappa shape index (κ2) is 40.4. The van der Waals surface area contributed by atoms with Gasteiger partial charge in [0, 0.05) is 6.42 Å². The van der Waals surface area contributed by atoms with Gasteiger partial charge in [0.2, 0.25) is 5.91 Å². The van der Waals surface area contributed by atoms with E-state index in [1.807, 2.05) is 6.08 Å². The van der Waals surface area contributed by atoms with Gasteiger partial charge in [-0.1, -0.05) is 174 Å². The van der Waals surface area contributed by atoms with Crippen LogP contribution in [0.1, 0.15) is 155 Å². The predicted molar refractivity (Wildman–Crippen MR) is 239 cm³/mol. The van der Waals surface area contributed by atoms with Crippen LogP contribution in [0, 0.1) is 0 Å². The zero-order chi connectivity index (χ0) is 40.3. The molecule has 0 bridgehead atoms. The van der Waals surface area contributed by atoms with E-state index in [4.69, 9.17) is 0 Å². The van der Waals surface area contributed by atoms with Gasteiger partial charge in [0.15, 0.2) is 0 Å². The molecule has 0 aliphatic rings. The van der Waals surface area contributed by atoms with E-state index in [9.17, 15) is 22.9 Å². The quantitative estimate of drug-likeness (QED) is 0.0334. The van der Waals surface area contributed by atoms with Crippen molar-refractivity contribution in [2.45, 2.75) is 167 Å². The van der Waals surface area contributed by atoms with Gasteiger partial charge >= 0.3 is 0 Å². The first-order chi connectivity index (χ1) is 26.8. The molecule has 0 aromatic heterocycles. The second-order valence-corrected chi connectivity index (χ2v) is 15.4. The average molecular weight is 780 g/mol. The summed E-state index contributed by atoms with van der Waals surface area (Å²) in [6.45, 7) is 4.40. The molecule has 0 aliphatic heterocycles. The summed E-state index contributed by atoms with van der Waals surface area (Å²) in [5.74, 6) is -1.10. The predicted octanol–water partition coefficient (Wildman–Crippen LogP) is 12.9. The number of aliphatic hydroxyl groups is 1. The maximum atomic E-state index is 12.5. The molecule has 0 aromatic rings. The van der Waals surface area contributed by atoms with Crippen molar-refractivity contribution in [3.8, 4) is 0 Å². The van der Waals surface area contributed by atoms with Crippen LogP contribution < -0.4 is 5.32 Å². The zero-order valence-corrected chi connectivity index (χ0v) is 35.3. The number of carbonyl (C=O) groups excluding carboxylic acids is 1. The van der Waals surface area contributed by atoms with Gasteiger partial charge in [0.1, 0.15) is 0 Å². The summed E-state index contributed by atoms with van der Waals surface area (Å²) in [6.07, 6.45) is 63.3. The lowest BCUT2D eigenvalue weighted by Gasteiger charge is -2.21. The van der Waals surface area contributed by atoms with Gasteiger partial charge in [-0.25, -0.2) is 0 Å². The van der Waals surface area contributed by atoms with Crippen LogP contribution in [0.2, 0.25) is 0 Å². The van der Waals surface area contributed by atoms with Crippen molar-refractivity contribution in [3.05, 3.63) is 122 Å². The molecule has 3 N–H and O–H groups in total. The summed E-state index contributed by atoms with van der Waals surface area (Å²) < 4.78 is 32.5.